The van der Waals surface area contributed by atoms with Gasteiger partial charge in [0.15, 0.2) is 0 Å². The van der Waals surface area contributed by atoms with Crippen LogP contribution in [0, 0.1) is 11.8 Å². The van der Waals surface area contributed by atoms with E-state index in [9.17, 15) is 9.90 Å². The van der Waals surface area contributed by atoms with E-state index < -0.39 is 5.97 Å². The van der Waals surface area contributed by atoms with Gasteiger partial charge in [-0.05, 0) is 38.6 Å². The number of carbonyl (C=O) groups is 1. The van der Waals surface area contributed by atoms with Crippen molar-refractivity contribution in [2.75, 3.05) is 6.54 Å². The maximum Gasteiger partial charge on any atom is 0.308 e. The normalized spacial score (nSPS) is 39.4. The van der Waals surface area contributed by atoms with E-state index in [-0.39, 0.29) is 12.0 Å². The predicted molar refractivity (Wildman–Crippen MR) is 67.9 cm³/mol. The molecule has 0 aromatic carbocycles. The standard InChI is InChI=1S/C14H25NO2/c1-3-11-6-4-5-7-13(11)15-9-8-12(10(15)2)14(16)17/h10-13H,3-9H2,1-2H3,(H,16,17). The molecule has 1 aliphatic carbocycles. The van der Waals surface area contributed by atoms with Crippen LogP contribution in [-0.2, 0) is 4.79 Å². The van der Waals surface area contributed by atoms with Crippen LogP contribution in [0.5, 0.6) is 0 Å². The minimum Gasteiger partial charge on any atom is -0.481 e. The van der Waals surface area contributed by atoms with Gasteiger partial charge in [0.2, 0.25) is 0 Å². The molecule has 17 heavy (non-hydrogen) atoms. The van der Waals surface area contributed by atoms with Gasteiger partial charge in [-0.25, -0.2) is 0 Å². The third-order valence-electron chi connectivity index (χ3n) is 4.94. The van der Waals surface area contributed by atoms with Gasteiger partial charge in [-0.3, -0.25) is 9.69 Å². The van der Waals surface area contributed by atoms with E-state index in [2.05, 4.69) is 18.7 Å². The Bertz CT molecular complexity index is 279. The second-order valence-corrected chi connectivity index (χ2v) is 5.73. The lowest BCUT2D eigenvalue weighted by atomic mass is 9.81. The zero-order valence-corrected chi connectivity index (χ0v) is 11.1. The lowest BCUT2D eigenvalue weighted by Gasteiger charge is -2.40. The van der Waals surface area contributed by atoms with Crippen molar-refractivity contribution in [3.8, 4) is 0 Å². The number of hydrogen-bond acceptors (Lipinski definition) is 2. The summed E-state index contributed by atoms with van der Waals surface area (Å²) in [5.41, 5.74) is 0. The molecule has 0 bridgehead atoms. The quantitative estimate of drug-likeness (QED) is 0.823. The minimum absolute atomic E-state index is 0.144. The number of nitrogens with zero attached hydrogens (tertiary/aromatic N) is 1. The van der Waals surface area contributed by atoms with Gasteiger partial charge in [0.1, 0.15) is 0 Å². The molecule has 98 valence electrons. The van der Waals surface area contributed by atoms with Crippen LogP contribution in [0.4, 0.5) is 0 Å². The van der Waals surface area contributed by atoms with Gasteiger partial charge >= 0.3 is 5.97 Å². The lowest BCUT2D eigenvalue weighted by molar-refractivity contribution is -0.142. The molecule has 4 unspecified atom stereocenters. The van der Waals surface area contributed by atoms with Gasteiger partial charge in [0.25, 0.3) is 0 Å². The molecule has 0 aromatic rings. The van der Waals surface area contributed by atoms with E-state index in [1.165, 1.54) is 32.1 Å². The van der Waals surface area contributed by atoms with Crippen LogP contribution in [0.1, 0.15) is 52.4 Å². The molecule has 2 rings (SSSR count). The average molecular weight is 239 g/mol. The van der Waals surface area contributed by atoms with Gasteiger partial charge in [0.05, 0.1) is 5.92 Å². The molecule has 1 aliphatic heterocycles. The Hall–Kier alpha value is -0.570. The molecule has 1 heterocycles. The molecule has 1 N–H and O–H groups in total. The van der Waals surface area contributed by atoms with Crippen LogP contribution in [0.25, 0.3) is 0 Å². The molecular weight excluding hydrogens is 214 g/mol. The highest BCUT2D eigenvalue weighted by atomic mass is 16.4. The van der Waals surface area contributed by atoms with Crippen molar-refractivity contribution in [3.05, 3.63) is 0 Å². The van der Waals surface area contributed by atoms with E-state index in [4.69, 9.17) is 0 Å². The molecule has 0 spiro atoms. The van der Waals surface area contributed by atoms with Crippen LogP contribution in [0.3, 0.4) is 0 Å². The molecule has 0 radical (unpaired) electrons. The summed E-state index contributed by atoms with van der Waals surface area (Å²) >= 11 is 0. The number of carboxylic acid groups (broad SMARTS) is 1. The third kappa shape index (κ3) is 2.49. The molecule has 2 fully saturated rings. The molecule has 1 saturated heterocycles. The fourth-order valence-electron chi connectivity index (χ4n) is 3.86. The molecular formula is C14H25NO2. The topological polar surface area (TPSA) is 40.5 Å². The molecule has 3 heteroatoms. The van der Waals surface area contributed by atoms with Gasteiger partial charge in [0, 0.05) is 12.1 Å². The minimum atomic E-state index is -0.608. The Kier molecular flexibility index (Phi) is 4.08. The summed E-state index contributed by atoms with van der Waals surface area (Å²) in [6, 6.07) is 0.873. The highest BCUT2D eigenvalue weighted by Gasteiger charge is 2.41. The first-order valence-electron chi connectivity index (χ1n) is 7.13. The Balaban J connectivity index is 2.04. The van der Waals surface area contributed by atoms with Gasteiger partial charge in [-0.2, -0.15) is 0 Å². The van der Waals surface area contributed by atoms with Crippen molar-refractivity contribution in [1.29, 1.82) is 0 Å². The third-order valence-corrected chi connectivity index (χ3v) is 4.94. The first-order valence-corrected chi connectivity index (χ1v) is 7.13. The van der Waals surface area contributed by atoms with E-state index >= 15 is 0 Å². The fourth-order valence-corrected chi connectivity index (χ4v) is 3.86. The number of carboxylic acids is 1. The van der Waals surface area contributed by atoms with Crippen molar-refractivity contribution >= 4 is 5.97 Å². The lowest BCUT2D eigenvalue weighted by Crippen LogP contribution is -2.45. The maximum absolute atomic E-state index is 11.2. The number of hydrogen-bond donors (Lipinski definition) is 1. The molecule has 3 nitrogen and oxygen atoms in total. The zero-order chi connectivity index (χ0) is 12.4. The Morgan fingerprint density at radius 1 is 1.29 bits per heavy atom. The monoisotopic (exact) mass is 239 g/mol. The fraction of sp³-hybridized carbons (Fsp3) is 0.929. The molecule has 0 amide bonds. The zero-order valence-electron chi connectivity index (χ0n) is 11.1. The Labute approximate surface area is 104 Å². The van der Waals surface area contributed by atoms with Gasteiger partial charge < -0.3 is 5.11 Å². The second-order valence-electron chi connectivity index (χ2n) is 5.73. The summed E-state index contributed by atoms with van der Waals surface area (Å²) in [6.45, 7) is 5.37. The first kappa shape index (κ1) is 12.9. The summed E-state index contributed by atoms with van der Waals surface area (Å²) in [5, 5.41) is 9.20. The average Bonchev–Trinajstić information content (AvgIpc) is 2.71. The number of likely N-dealkylation sites (tertiary alicyclic amines) is 1. The van der Waals surface area contributed by atoms with Crippen molar-refractivity contribution in [3.63, 3.8) is 0 Å². The highest BCUT2D eigenvalue weighted by molar-refractivity contribution is 5.71. The summed E-state index contributed by atoms with van der Waals surface area (Å²) in [6.07, 6.45) is 7.37. The van der Waals surface area contributed by atoms with Crippen LogP contribution in [-0.4, -0.2) is 34.6 Å². The Morgan fingerprint density at radius 3 is 2.59 bits per heavy atom. The SMILES string of the molecule is CCC1CCCCC1N1CCC(C(=O)O)C1C. The van der Waals surface area contributed by atoms with Crippen molar-refractivity contribution in [2.45, 2.75) is 64.5 Å². The second kappa shape index (κ2) is 5.38. The summed E-state index contributed by atoms with van der Waals surface area (Å²) < 4.78 is 0. The van der Waals surface area contributed by atoms with Crippen LogP contribution in [0.15, 0.2) is 0 Å². The molecule has 1 saturated carbocycles. The first-order chi connectivity index (χ1) is 8.15. The predicted octanol–water partition coefficient (Wildman–Crippen LogP) is 2.75. The molecule has 0 aromatic heterocycles. The number of aliphatic carboxylic acids is 1. The van der Waals surface area contributed by atoms with E-state index in [1.807, 2.05) is 0 Å². The summed E-state index contributed by atoms with van der Waals surface area (Å²) in [4.78, 5) is 13.7. The van der Waals surface area contributed by atoms with Crippen molar-refractivity contribution < 1.29 is 9.90 Å². The van der Waals surface area contributed by atoms with E-state index in [1.54, 1.807) is 0 Å². The highest BCUT2D eigenvalue weighted by Crippen LogP contribution is 2.36. The molecule has 2 aliphatic rings. The smallest absolute Gasteiger partial charge is 0.308 e. The van der Waals surface area contributed by atoms with Crippen LogP contribution >= 0.6 is 0 Å². The maximum atomic E-state index is 11.2. The van der Waals surface area contributed by atoms with E-state index in [0.717, 1.165) is 18.9 Å². The largest absolute Gasteiger partial charge is 0.481 e. The summed E-state index contributed by atoms with van der Waals surface area (Å²) in [5.74, 6) is 0.0389. The summed E-state index contributed by atoms with van der Waals surface area (Å²) in [7, 11) is 0. The number of rotatable bonds is 3. The van der Waals surface area contributed by atoms with E-state index in [0.29, 0.717) is 6.04 Å². The van der Waals surface area contributed by atoms with Gasteiger partial charge in [-0.15, -0.1) is 0 Å². The van der Waals surface area contributed by atoms with Crippen LogP contribution < -0.4 is 0 Å². The van der Waals surface area contributed by atoms with Gasteiger partial charge in [-0.1, -0.05) is 26.2 Å². The van der Waals surface area contributed by atoms with Crippen molar-refractivity contribution in [2.24, 2.45) is 11.8 Å². The Morgan fingerprint density at radius 2 is 2.00 bits per heavy atom. The van der Waals surface area contributed by atoms with Crippen molar-refractivity contribution in [1.82, 2.24) is 4.90 Å². The van der Waals surface area contributed by atoms with Crippen LogP contribution in [0.2, 0.25) is 0 Å². The molecule has 4 atom stereocenters.